The van der Waals surface area contributed by atoms with Crippen LogP contribution >= 0.6 is 0 Å². The minimum atomic E-state index is -2.85. The Morgan fingerprint density at radius 1 is 1.32 bits per heavy atom. The van der Waals surface area contributed by atoms with Crippen LogP contribution < -0.4 is 0 Å². The Balaban J connectivity index is 1.75. The van der Waals surface area contributed by atoms with Crippen molar-refractivity contribution < 1.29 is 27.8 Å². The fourth-order valence-electron chi connectivity index (χ4n) is 2.61. The van der Waals surface area contributed by atoms with E-state index in [1.54, 1.807) is 30.3 Å². The zero-order chi connectivity index (χ0) is 16.0. The first-order valence-electron chi connectivity index (χ1n) is 7.23. The Bertz CT molecular complexity index is 478. The normalized spacial score (nSPS) is 23.4. The molecule has 2 atom stereocenters. The van der Waals surface area contributed by atoms with Crippen molar-refractivity contribution >= 4 is 5.97 Å². The van der Waals surface area contributed by atoms with Gasteiger partial charge in [-0.25, -0.2) is 13.6 Å². The van der Waals surface area contributed by atoms with Gasteiger partial charge in [0.25, 0.3) is 5.92 Å². The second kappa shape index (κ2) is 7.65. The van der Waals surface area contributed by atoms with E-state index in [9.17, 15) is 13.6 Å². The number of alkyl halides is 2. The highest BCUT2D eigenvalue weighted by Gasteiger charge is 2.49. The molecule has 1 fully saturated rings. The van der Waals surface area contributed by atoms with Crippen LogP contribution in [0.4, 0.5) is 8.78 Å². The van der Waals surface area contributed by atoms with E-state index in [1.165, 1.54) is 7.11 Å². The quantitative estimate of drug-likeness (QED) is 0.572. The maximum Gasteiger partial charge on any atom is 0.338 e. The summed E-state index contributed by atoms with van der Waals surface area (Å²) in [4.78, 5) is 11.7. The van der Waals surface area contributed by atoms with Gasteiger partial charge in [-0.2, -0.15) is 0 Å². The van der Waals surface area contributed by atoms with Crippen LogP contribution in [0, 0.1) is 5.92 Å². The summed E-state index contributed by atoms with van der Waals surface area (Å²) in [6, 6.07) is 8.59. The molecule has 2 rings (SSSR count). The van der Waals surface area contributed by atoms with Gasteiger partial charge in [0.1, 0.15) is 12.9 Å². The topological polar surface area (TPSA) is 44.8 Å². The van der Waals surface area contributed by atoms with Crippen LogP contribution in [0.2, 0.25) is 0 Å². The smallest absolute Gasteiger partial charge is 0.338 e. The van der Waals surface area contributed by atoms with Crippen LogP contribution in [-0.4, -0.2) is 38.5 Å². The number of hydrogen-bond acceptors (Lipinski definition) is 4. The van der Waals surface area contributed by atoms with Crippen molar-refractivity contribution in [2.24, 2.45) is 5.92 Å². The number of carbonyl (C=O) groups is 1. The Hall–Kier alpha value is -1.53. The number of hydrogen-bond donors (Lipinski definition) is 0. The molecule has 6 heteroatoms. The molecule has 1 aromatic carbocycles. The van der Waals surface area contributed by atoms with Crippen LogP contribution in [0.3, 0.4) is 0 Å². The minimum absolute atomic E-state index is 0.130. The zero-order valence-corrected chi connectivity index (χ0v) is 12.5. The first-order valence-corrected chi connectivity index (χ1v) is 7.23. The first-order chi connectivity index (χ1) is 10.5. The molecule has 1 saturated carbocycles. The Kier molecular flexibility index (Phi) is 5.85. The summed E-state index contributed by atoms with van der Waals surface area (Å²) in [5, 5.41) is 0. The van der Waals surface area contributed by atoms with Gasteiger partial charge in [-0.3, -0.25) is 0 Å². The fraction of sp³-hybridized carbons (Fsp3) is 0.562. The van der Waals surface area contributed by atoms with E-state index in [2.05, 4.69) is 4.74 Å². The molecular formula is C16H20F2O4. The summed E-state index contributed by atoms with van der Waals surface area (Å²) in [5.41, 5.74) is 0.459. The average molecular weight is 314 g/mol. The molecule has 2 unspecified atom stereocenters. The van der Waals surface area contributed by atoms with Gasteiger partial charge in [-0.1, -0.05) is 18.2 Å². The summed E-state index contributed by atoms with van der Waals surface area (Å²) in [5.74, 6) is -3.51. The summed E-state index contributed by atoms with van der Waals surface area (Å²) < 4.78 is 42.3. The molecule has 4 nitrogen and oxygen atoms in total. The van der Waals surface area contributed by atoms with Crippen molar-refractivity contribution in [3.05, 3.63) is 35.9 Å². The predicted molar refractivity (Wildman–Crippen MR) is 75.8 cm³/mol. The van der Waals surface area contributed by atoms with E-state index in [0.29, 0.717) is 12.0 Å². The Morgan fingerprint density at radius 3 is 2.73 bits per heavy atom. The van der Waals surface area contributed by atoms with Crippen molar-refractivity contribution in [1.29, 1.82) is 0 Å². The second-order valence-electron chi connectivity index (χ2n) is 5.42. The van der Waals surface area contributed by atoms with E-state index in [0.717, 1.165) is 0 Å². The molecule has 0 amide bonds. The number of rotatable bonds is 7. The van der Waals surface area contributed by atoms with Crippen molar-refractivity contribution in [2.75, 3.05) is 20.5 Å². The van der Waals surface area contributed by atoms with Crippen LogP contribution in [-0.2, 0) is 14.2 Å². The molecule has 0 heterocycles. The molecule has 0 bridgehead atoms. The molecule has 0 radical (unpaired) electrons. The molecule has 0 saturated heterocycles. The summed E-state index contributed by atoms with van der Waals surface area (Å²) in [6.45, 7) is -0.0125. The fourth-order valence-corrected chi connectivity index (χ4v) is 2.61. The summed E-state index contributed by atoms with van der Waals surface area (Å²) >= 11 is 0. The summed E-state index contributed by atoms with van der Waals surface area (Å²) in [7, 11) is 1.40. The zero-order valence-electron chi connectivity index (χ0n) is 12.5. The molecule has 1 aliphatic rings. The summed E-state index contributed by atoms with van der Waals surface area (Å²) in [6.07, 6.45) is -0.716. The molecule has 1 aliphatic carbocycles. The third-order valence-electron chi connectivity index (χ3n) is 3.74. The number of ether oxygens (including phenoxy) is 3. The van der Waals surface area contributed by atoms with Gasteiger partial charge in [0.2, 0.25) is 0 Å². The highest BCUT2D eigenvalue weighted by molar-refractivity contribution is 5.89. The van der Waals surface area contributed by atoms with Crippen LogP contribution in [0.25, 0.3) is 0 Å². The molecule has 1 aromatic rings. The highest BCUT2D eigenvalue weighted by atomic mass is 19.3. The van der Waals surface area contributed by atoms with Gasteiger partial charge in [-0.15, -0.1) is 0 Å². The van der Waals surface area contributed by atoms with E-state index in [1.807, 2.05) is 0 Å². The van der Waals surface area contributed by atoms with Crippen LogP contribution in [0.15, 0.2) is 30.3 Å². The number of carbonyl (C=O) groups excluding carboxylic acids is 1. The standard InChI is InChI=1S/C16H20F2O4/c1-20-11-22-14-9-12(10-16(14,17)18)7-8-21-15(19)13-5-3-2-4-6-13/h2-6,12,14H,7-11H2,1H3. The van der Waals surface area contributed by atoms with Crippen molar-refractivity contribution in [3.63, 3.8) is 0 Å². The van der Waals surface area contributed by atoms with E-state index in [-0.39, 0.29) is 32.2 Å². The van der Waals surface area contributed by atoms with Gasteiger partial charge in [0.05, 0.1) is 12.2 Å². The number of benzene rings is 1. The van der Waals surface area contributed by atoms with E-state index >= 15 is 0 Å². The van der Waals surface area contributed by atoms with Crippen molar-refractivity contribution in [3.8, 4) is 0 Å². The molecule has 122 valence electrons. The average Bonchev–Trinajstić information content (AvgIpc) is 2.80. The Morgan fingerprint density at radius 2 is 2.05 bits per heavy atom. The largest absolute Gasteiger partial charge is 0.462 e. The maximum atomic E-state index is 13.7. The molecule has 0 N–H and O–H groups in total. The Labute approximate surface area is 128 Å². The van der Waals surface area contributed by atoms with Crippen LogP contribution in [0.1, 0.15) is 29.6 Å². The van der Waals surface area contributed by atoms with E-state index in [4.69, 9.17) is 9.47 Å². The monoisotopic (exact) mass is 314 g/mol. The SMILES string of the molecule is COCOC1CC(CCOC(=O)c2ccccc2)CC1(F)F. The molecule has 0 aliphatic heterocycles. The molecule has 0 aromatic heterocycles. The predicted octanol–water partition coefficient (Wildman–Crippen LogP) is 3.27. The van der Waals surface area contributed by atoms with Gasteiger partial charge in [-0.05, 0) is 30.9 Å². The molecule has 22 heavy (non-hydrogen) atoms. The molecular weight excluding hydrogens is 294 g/mol. The van der Waals surface area contributed by atoms with Gasteiger partial charge in [0.15, 0.2) is 0 Å². The third-order valence-corrected chi connectivity index (χ3v) is 3.74. The number of esters is 1. The van der Waals surface area contributed by atoms with E-state index < -0.39 is 18.0 Å². The number of halogens is 2. The van der Waals surface area contributed by atoms with Crippen molar-refractivity contribution in [2.45, 2.75) is 31.3 Å². The highest BCUT2D eigenvalue weighted by Crippen LogP contribution is 2.42. The first kappa shape index (κ1) is 16.8. The van der Waals surface area contributed by atoms with Gasteiger partial charge in [0, 0.05) is 13.5 Å². The lowest BCUT2D eigenvalue weighted by molar-refractivity contribution is -0.159. The lowest BCUT2D eigenvalue weighted by Crippen LogP contribution is -2.30. The second-order valence-corrected chi connectivity index (χ2v) is 5.42. The third kappa shape index (κ3) is 4.48. The van der Waals surface area contributed by atoms with Crippen molar-refractivity contribution in [1.82, 2.24) is 0 Å². The lowest BCUT2D eigenvalue weighted by atomic mass is 10.0. The number of methoxy groups -OCH3 is 1. The molecule has 0 spiro atoms. The van der Waals surface area contributed by atoms with Gasteiger partial charge < -0.3 is 14.2 Å². The lowest BCUT2D eigenvalue weighted by Gasteiger charge is -2.18. The van der Waals surface area contributed by atoms with Crippen LogP contribution in [0.5, 0.6) is 0 Å². The minimum Gasteiger partial charge on any atom is -0.462 e. The van der Waals surface area contributed by atoms with Gasteiger partial charge >= 0.3 is 5.97 Å². The maximum absolute atomic E-state index is 13.7.